The number of hydrogen-bond donors (Lipinski definition) is 4. The number of sulfonamides is 1. The van der Waals surface area contributed by atoms with Crippen molar-refractivity contribution in [3.63, 3.8) is 0 Å². The summed E-state index contributed by atoms with van der Waals surface area (Å²) < 4.78 is 36.2. The highest BCUT2D eigenvalue weighted by Crippen LogP contribution is 2.53. The molecule has 2 aliphatic carbocycles. The summed E-state index contributed by atoms with van der Waals surface area (Å²) in [5.74, 6) is 0.165. The molecule has 2 saturated heterocycles. The maximum atomic E-state index is 14.1. The summed E-state index contributed by atoms with van der Waals surface area (Å²) in [4.78, 5) is 40.5. The number of nitro groups is 1. The standard InChI is InChI=1S/C56H65ClN8O7S/c1-37(2)46-6-4-5-7-47(46)51-36-62(35-39-8-10-41(57)11-9-39)26-27-64(51)43-31-56(32-43)21-24-63(25-22-56)42-12-14-48(52(29-42)72-44-28-40-18-23-58-53(40)60-34-44)54(66)61-73(70,71)45-13-15-49(50(30-45)65(68)69)59-33-38-16-19-55(3,67)20-17-38/h4-15,18,23,28-30,34,37-38,43,51,59,67H,16-17,19-22,24-27,31-33,35-36H2,1-3H3,(H,58,60)(H,61,66). The predicted molar refractivity (Wildman–Crippen MR) is 285 cm³/mol. The SMILES string of the molecule is CC(C)c1ccccc1C1CN(Cc2ccc(Cl)cc2)CCN1C1CC2(CCN(c3ccc(C(=O)NS(=O)(=O)c4ccc(NCC5CCC(C)(O)CC5)c([N+](=O)[O-])c4)c(Oc4cnc5[nH]ccc5c4)c3)CC2)C1. The van der Waals surface area contributed by atoms with E-state index in [1.54, 1.807) is 30.6 Å². The number of fused-ring (bicyclic) bond motifs is 1. The molecule has 384 valence electrons. The maximum Gasteiger partial charge on any atom is 0.293 e. The van der Waals surface area contributed by atoms with Crippen LogP contribution in [-0.2, 0) is 16.6 Å². The second kappa shape index (κ2) is 20.7. The lowest BCUT2D eigenvalue weighted by molar-refractivity contribution is -0.384. The third-order valence-corrected chi connectivity index (χ3v) is 17.7. The second-order valence-corrected chi connectivity index (χ2v) is 23.6. The monoisotopic (exact) mass is 1030 g/mol. The Bertz CT molecular complexity index is 3080. The number of piperidine rings is 1. The molecule has 2 aliphatic heterocycles. The van der Waals surface area contributed by atoms with Crippen LogP contribution in [0.1, 0.15) is 111 Å². The number of nitrogens with one attached hydrogen (secondary N) is 3. The summed E-state index contributed by atoms with van der Waals surface area (Å²) in [6.07, 6.45) is 10.4. The van der Waals surface area contributed by atoms with Crippen molar-refractivity contribution in [2.45, 2.75) is 107 Å². The van der Waals surface area contributed by atoms with Crippen molar-refractivity contribution in [3.8, 4) is 11.5 Å². The van der Waals surface area contributed by atoms with Crippen molar-refractivity contribution < 1.29 is 28.0 Å². The van der Waals surface area contributed by atoms with Crippen molar-refractivity contribution in [1.82, 2.24) is 24.5 Å². The number of aromatic nitrogens is 2. The van der Waals surface area contributed by atoms with Crippen LogP contribution in [0.5, 0.6) is 11.5 Å². The van der Waals surface area contributed by atoms with Gasteiger partial charge in [0.1, 0.15) is 22.8 Å². The van der Waals surface area contributed by atoms with E-state index in [1.165, 1.54) is 28.8 Å². The number of ether oxygens (including phenoxy) is 1. The summed E-state index contributed by atoms with van der Waals surface area (Å²) in [5.41, 5.74) is 4.85. The lowest BCUT2D eigenvalue weighted by Gasteiger charge is -2.58. The molecule has 1 spiro atoms. The number of H-pyrrole nitrogens is 1. The third-order valence-electron chi connectivity index (χ3n) is 16.1. The lowest BCUT2D eigenvalue weighted by Crippen LogP contribution is -2.60. The first-order valence-electron chi connectivity index (χ1n) is 25.6. The molecule has 6 aromatic rings. The Morgan fingerprint density at radius 2 is 1.71 bits per heavy atom. The van der Waals surface area contributed by atoms with Crippen molar-refractivity contribution in [2.24, 2.45) is 11.3 Å². The molecule has 1 unspecified atom stereocenters. The molecule has 4 fully saturated rings. The zero-order chi connectivity index (χ0) is 51.1. The number of anilines is 2. The molecule has 17 heteroatoms. The highest BCUT2D eigenvalue weighted by molar-refractivity contribution is 7.90. The average molecular weight is 1030 g/mol. The van der Waals surface area contributed by atoms with Gasteiger partial charge in [0.15, 0.2) is 0 Å². The van der Waals surface area contributed by atoms with E-state index in [0.717, 1.165) is 100.0 Å². The van der Waals surface area contributed by atoms with Crippen LogP contribution in [0.4, 0.5) is 17.1 Å². The molecule has 2 saturated carbocycles. The first kappa shape index (κ1) is 50.5. The number of aliphatic hydroxyl groups is 1. The third kappa shape index (κ3) is 11.2. The van der Waals surface area contributed by atoms with Gasteiger partial charge in [0, 0.05) is 92.3 Å². The number of hydrogen-bond acceptors (Lipinski definition) is 12. The molecule has 2 aromatic heterocycles. The molecular formula is C56H65ClN8O7S. The summed E-state index contributed by atoms with van der Waals surface area (Å²) >= 11 is 6.23. The summed E-state index contributed by atoms with van der Waals surface area (Å²) in [5, 5.41) is 27.2. The minimum absolute atomic E-state index is 0.0297. The molecule has 1 amide bonds. The van der Waals surface area contributed by atoms with Gasteiger partial charge in [0.2, 0.25) is 0 Å². The van der Waals surface area contributed by atoms with E-state index < -0.39 is 37.0 Å². The molecule has 0 bridgehead atoms. The fourth-order valence-corrected chi connectivity index (χ4v) is 12.9. The predicted octanol–water partition coefficient (Wildman–Crippen LogP) is 10.8. The Balaban J connectivity index is 0.832. The zero-order valence-electron chi connectivity index (χ0n) is 41.7. The highest BCUT2D eigenvalue weighted by Gasteiger charge is 2.50. The summed E-state index contributed by atoms with van der Waals surface area (Å²) in [6.45, 7) is 12.3. The highest BCUT2D eigenvalue weighted by atomic mass is 35.5. The molecule has 4 heterocycles. The largest absolute Gasteiger partial charge is 0.455 e. The van der Waals surface area contributed by atoms with Gasteiger partial charge in [-0.3, -0.25) is 24.7 Å². The Labute approximate surface area is 432 Å². The number of piperazine rings is 1. The Hall–Kier alpha value is -6.04. The fourth-order valence-electron chi connectivity index (χ4n) is 11.8. The van der Waals surface area contributed by atoms with Crippen LogP contribution in [0.2, 0.25) is 5.02 Å². The van der Waals surface area contributed by atoms with Crippen molar-refractivity contribution in [3.05, 3.63) is 147 Å². The quantitative estimate of drug-likeness (QED) is 0.0564. The summed E-state index contributed by atoms with van der Waals surface area (Å²) in [7, 11) is -4.59. The van der Waals surface area contributed by atoms with Gasteiger partial charge in [-0.05, 0) is 141 Å². The fraction of sp³-hybridized carbons (Fsp3) is 0.429. The van der Waals surface area contributed by atoms with Crippen LogP contribution in [0.25, 0.3) is 11.0 Å². The number of pyridine rings is 1. The molecule has 0 radical (unpaired) electrons. The topological polar surface area (TPSA) is 186 Å². The maximum absolute atomic E-state index is 14.1. The number of benzene rings is 4. The van der Waals surface area contributed by atoms with Crippen LogP contribution < -0.4 is 19.7 Å². The van der Waals surface area contributed by atoms with Crippen molar-refractivity contribution >= 4 is 55.6 Å². The van der Waals surface area contributed by atoms with E-state index in [9.17, 15) is 28.4 Å². The van der Waals surface area contributed by atoms with Crippen LogP contribution in [-0.4, -0.2) is 95.0 Å². The number of nitrogens with zero attached hydrogens (tertiary/aromatic N) is 5. The minimum Gasteiger partial charge on any atom is -0.455 e. The number of carbonyl (C=O) groups excluding carboxylic acids is 1. The van der Waals surface area contributed by atoms with Crippen LogP contribution >= 0.6 is 11.6 Å². The second-order valence-electron chi connectivity index (χ2n) is 21.5. The zero-order valence-corrected chi connectivity index (χ0v) is 43.3. The molecular weight excluding hydrogens is 964 g/mol. The van der Waals surface area contributed by atoms with E-state index in [-0.39, 0.29) is 28.3 Å². The molecule has 15 nitrogen and oxygen atoms in total. The van der Waals surface area contributed by atoms with Gasteiger partial charge < -0.3 is 25.0 Å². The van der Waals surface area contributed by atoms with Gasteiger partial charge in [0.05, 0.1) is 27.2 Å². The van der Waals surface area contributed by atoms with Gasteiger partial charge in [-0.15, -0.1) is 0 Å². The van der Waals surface area contributed by atoms with E-state index in [2.05, 4.69) is 85.0 Å². The van der Waals surface area contributed by atoms with E-state index >= 15 is 0 Å². The Morgan fingerprint density at radius 3 is 2.45 bits per heavy atom. The van der Waals surface area contributed by atoms with Gasteiger partial charge in [-0.1, -0.05) is 61.8 Å². The van der Waals surface area contributed by atoms with Crippen molar-refractivity contribution in [1.29, 1.82) is 0 Å². The molecule has 4 N–H and O–H groups in total. The lowest BCUT2D eigenvalue weighted by atomic mass is 9.59. The molecule has 4 aliphatic rings. The van der Waals surface area contributed by atoms with Gasteiger partial charge in [-0.2, -0.15) is 0 Å². The Morgan fingerprint density at radius 1 is 0.959 bits per heavy atom. The van der Waals surface area contributed by atoms with Crippen LogP contribution in [0.15, 0.2) is 114 Å². The van der Waals surface area contributed by atoms with Crippen LogP contribution in [0, 0.1) is 21.4 Å². The number of amides is 1. The van der Waals surface area contributed by atoms with E-state index in [0.29, 0.717) is 48.8 Å². The van der Waals surface area contributed by atoms with E-state index in [4.69, 9.17) is 16.3 Å². The first-order valence-corrected chi connectivity index (χ1v) is 27.5. The Kier molecular flexibility index (Phi) is 14.3. The molecule has 1 atom stereocenters. The molecule has 4 aromatic carbocycles. The van der Waals surface area contributed by atoms with Crippen molar-refractivity contribution in [2.75, 3.05) is 49.5 Å². The number of aromatic amines is 1. The van der Waals surface area contributed by atoms with Gasteiger partial charge in [0.25, 0.3) is 21.6 Å². The molecule has 73 heavy (non-hydrogen) atoms. The first-order chi connectivity index (χ1) is 35.0. The number of halogens is 1. The smallest absolute Gasteiger partial charge is 0.293 e. The minimum atomic E-state index is -4.59. The number of nitro benzene ring substituents is 1. The van der Waals surface area contributed by atoms with Gasteiger partial charge in [-0.25, -0.2) is 18.1 Å². The normalized spacial score (nSPS) is 21.8. The van der Waals surface area contributed by atoms with Crippen LogP contribution in [0.3, 0.4) is 0 Å². The number of carbonyl (C=O) groups is 1. The summed E-state index contributed by atoms with van der Waals surface area (Å²) in [6, 6.07) is 30.4. The van der Waals surface area contributed by atoms with Gasteiger partial charge >= 0.3 is 0 Å². The average Bonchev–Trinajstić information content (AvgIpc) is 3.84. The number of rotatable bonds is 15. The molecule has 10 rings (SSSR count). The van der Waals surface area contributed by atoms with E-state index in [1.807, 2.05) is 31.2 Å².